The van der Waals surface area contributed by atoms with E-state index in [0.29, 0.717) is 5.56 Å². The molecule has 0 fully saturated rings. The highest BCUT2D eigenvalue weighted by Crippen LogP contribution is 2.20. The van der Waals surface area contributed by atoms with Crippen LogP contribution < -0.4 is 0 Å². The molecule has 64 valence electrons. The van der Waals surface area contributed by atoms with E-state index in [1.54, 1.807) is 0 Å². The van der Waals surface area contributed by atoms with Crippen LogP contribution in [0.25, 0.3) is 10.9 Å². The van der Waals surface area contributed by atoms with Crippen LogP contribution in [0.5, 0.6) is 0 Å². The predicted molar refractivity (Wildman–Crippen MR) is 52.5 cm³/mol. The van der Waals surface area contributed by atoms with E-state index < -0.39 is 0 Å². The van der Waals surface area contributed by atoms with Gasteiger partial charge in [-0.05, 0) is 37.6 Å². The lowest BCUT2D eigenvalue weighted by Gasteiger charge is -1.95. The Hall–Kier alpha value is -1.75. The zero-order chi connectivity index (χ0) is 9.42. The van der Waals surface area contributed by atoms with Gasteiger partial charge >= 0.3 is 0 Å². The van der Waals surface area contributed by atoms with Crippen molar-refractivity contribution in [3.8, 4) is 6.07 Å². The van der Waals surface area contributed by atoms with E-state index in [1.807, 2.05) is 26.0 Å². The molecule has 0 aliphatic rings. The van der Waals surface area contributed by atoms with Crippen molar-refractivity contribution in [2.45, 2.75) is 13.8 Å². The van der Waals surface area contributed by atoms with Gasteiger partial charge in [-0.2, -0.15) is 5.26 Å². The molecular formula is C11H10N2. The third kappa shape index (κ3) is 1.19. The van der Waals surface area contributed by atoms with Crippen LogP contribution in [-0.2, 0) is 0 Å². The number of aryl methyl sites for hydroxylation is 2. The predicted octanol–water partition coefficient (Wildman–Crippen LogP) is 2.66. The third-order valence-electron chi connectivity index (χ3n) is 2.21. The van der Waals surface area contributed by atoms with E-state index in [1.165, 1.54) is 5.39 Å². The summed E-state index contributed by atoms with van der Waals surface area (Å²) in [6, 6.07) is 8.05. The fourth-order valence-electron chi connectivity index (χ4n) is 1.62. The number of nitrogens with zero attached hydrogens (tertiary/aromatic N) is 1. The maximum absolute atomic E-state index is 8.76. The lowest BCUT2D eigenvalue weighted by molar-refractivity contribution is 1.30. The first-order valence-electron chi connectivity index (χ1n) is 4.21. The number of nitrogens with one attached hydrogen (secondary N) is 1. The Kier molecular flexibility index (Phi) is 1.60. The summed E-state index contributed by atoms with van der Waals surface area (Å²) in [6.45, 7) is 4.04. The van der Waals surface area contributed by atoms with Gasteiger partial charge in [0.2, 0.25) is 0 Å². The molecule has 0 amide bonds. The van der Waals surface area contributed by atoms with Crippen molar-refractivity contribution in [3.05, 3.63) is 35.0 Å². The number of nitriles is 1. The fraction of sp³-hybridized carbons (Fsp3) is 0.182. The molecule has 1 N–H and O–H groups in total. The van der Waals surface area contributed by atoms with Gasteiger partial charge in [0.05, 0.1) is 11.6 Å². The number of H-pyrrole nitrogens is 1. The fourth-order valence-corrected chi connectivity index (χ4v) is 1.62. The molecule has 13 heavy (non-hydrogen) atoms. The van der Waals surface area contributed by atoms with Gasteiger partial charge in [0, 0.05) is 16.6 Å². The minimum absolute atomic E-state index is 0.715. The van der Waals surface area contributed by atoms with Gasteiger partial charge in [-0.3, -0.25) is 0 Å². The monoisotopic (exact) mass is 170 g/mol. The molecule has 1 heterocycles. The highest BCUT2D eigenvalue weighted by Gasteiger charge is 2.02. The van der Waals surface area contributed by atoms with E-state index >= 15 is 0 Å². The van der Waals surface area contributed by atoms with Crippen LogP contribution >= 0.6 is 0 Å². The molecule has 2 aromatic rings. The minimum Gasteiger partial charge on any atom is -0.359 e. The van der Waals surface area contributed by atoms with Gasteiger partial charge in [0.15, 0.2) is 0 Å². The lowest BCUT2D eigenvalue weighted by atomic mass is 10.1. The quantitative estimate of drug-likeness (QED) is 0.648. The first-order chi connectivity index (χ1) is 6.20. The third-order valence-corrected chi connectivity index (χ3v) is 2.21. The maximum atomic E-state index is 8.76. The lowest BCUT2D eigenvalue weighted by Crippen LogP contribution is -1.79. The number of hydrogen-bond donors (Lipinski definition) is 1. The normalized spacial score (nSPS) is 10.2. The Morgan fingerprint density at radius 1 is 1.23 bits per heavy atom. The Labute approximate surface area is 76.8 Å². The van der Waals surface area contributed by atoms with Gasteiger partial charge in [0.25, 0.3) is 0 Å². The summed E-state index contributed by atoms with van der Waals surface area (Å²) in [4.78, 5) is 3.22. The van der Waals surface area contributed by atoms with Crippen molar-refractivity contribution < 1.29 is 0 Å². The number of benzene rings is 1. The molecule has 0 saturated carbocycles. The molecule has 0 radical (unpaired) electrons. The molecular weight excluding hydrogens is 160 g/mol. The Morgan fingerprint density at radius 2 is 2.00 bits per heavy atom. The van der Waals surface area contributed by atoms with Crippen LogP contribution in [0.4, 0.5) is 0 Å². The van der Waals surface area contributed by atoms with Crippen molar-refractivity contribution in [2.75, 3.05) is 0 Å². The number of hydrogen-bond acceptors (Lipinski definition) is 1. The van der Waals surface area contributed by atoms with Crippen LogP contribution in [0.2, 0.25) is 0 Å². The highest BCUT2D eigenvalue weighted by molar-refractivity contribution is 5.85. The van der Waals surface area contributed by atoms with Gasteiger partial charge in [-0.25, -0.2) is 0 Å². The molecule has 0 aliphatic carbocycles. The average Bonchev–Trinajstić information content (AvgIpc) is 2.46. The first kappa shape index (κ1) is 7.88. The van der Waals surface area contributed by atoms with Gasteiger partial charge < -0.3 is 4.98 Å². The van der Waals surface area contributed by atoms with Crippen LogP contribution in [0.15, 0.2) is 18.2 Å². The molecule has 0 saturated heterocycles. The summed E-state index contributed by atoms with van der Waals surface area (Å²) in [5, 5.41) is 9.97. The highest BCUT2D eigenvalue weighted by atomic mass is 14.7. The van der Waals surface area contributed by atoms with E-state index in [0.717, 1.165) is 16.8 Å². The molecule has 1 aromatic carbocycles. The SMILES string of the molecule is Cc1cc2c(C)cc(C#N)cc2[nH]1. The standard InChI is InChI=1S/C11H10N2/c1-7-3-9(6-12)5-11-10(7)4-8(2)13-11/h3-5,13H,1-2H3. The van der Waals surface area contributed by atoms with Gasteiger partial charge in [-0.15, -0.1) is 0 Å². The first-order valence-corrected chi connectivity index (χ1v) is 4.21. The summed E-state index contributed by atoms with van der Waals surface area (Å²) in [7, 11) is 0. The summed E-state index contributed by atoms with van der Waals surface area (Å²) in [5.41, 5.74) is 4.05. The molecule has 1 aromatic heterocycles. The zero-order valence-electron chi connectivity index (χ0n) is 7.68. The second-order valence-corrected chi connectivity index (χ2v) is 3.32. The average molecular weight is 170 g/mol. The molecule has 0 spiro atoms. The summed E-state index contributed by atoms with van der Waals surface area (Å²) < 4.78 is 0. The second-order valence-electron chi connectivity index (χ2n) is 3.32. The number of fused-ring (bicyclic) bond motifs is 1. The van der Waals surface area contributed by atoms with Gasteiger partial charge in [-0.1, -0.05) is 0 Å². The molecule has 2 rings (SSSR count). The Morgan fingerprint density at radius 3 is 2.69 bits per heavy atom. The molecule has 0 atom stereocenters. The molecule has 0 aliphatic heterocycles. The summed E-state index contributed by atoms with van der Waals surface area (Å²) in [6.07, 6.45) is 0. The Bertz CT molecular complexity index is 501. The van der Waals surface area contributed by atoms with Crippen LogP contribution in [-0.4, -0.2) is 4.98 Å². The van der Waals surface area contributed by atoms with Crippen molar-refractivity contribution in [3.63, 3.8) is 0 Å². The largest absolute Gasteiger partial charge is 0.359 e. The van der Waals surface area contributed by atoms with Crippen LogP contribution in [0.1, 0.15) is 16.8 Å². The van der Waals surface area contributed by atoms with Gasteiger partial charge in [0.1, 0.15) is 0 Å². The van der Waals surface area contributed by atoms with E-state index in [2.05, 4.69) is 17.1 Å². The topological polar surface area (TPSA) is 39.6 Å². The van der Waals surface area contributed by atoms with E-state index in [-0.39, 0.29) is 0 Å². The van der Waals surface area contributed by atoms with Crippen molar-refractivity contribution in [2.24, 2.45) is 0 Å². The van der Waals surface area contributed by atoms with Crippen molar-refractivity contribution in [1.82, 2.24) is 4.98 Å². The summed E-state index contributed by atoms with van der Waals surface area (Å²) in [5.74, 6) is 0. The Balaban J connectivity index is 2.85. The van der Waals surface area contributed by atoms with Crippen molar-refractivity contribution >= 4 is 10.9 Å². The number of aromatic amines is 1. The molecule has 0 bridgehead atoms. The van der Waals surface area contributed by atoms with E-state index in [4.69, 9.17) is 5.26 Å². The van der Waals surface area contributed by atoms with Crippen molar-refractivity contribution in [1.29, 1.82) is 5.26 Å². The smallest absolute Gasteiger partial charge is 0.0992 e. The summed E-state index contributed by atoms with van der Waals surface area (Å²) >= 11 is 0. The number of rotatable bonds is 0. The molecule has 0 unspecified atom stereocenters. The van der Waals surface area contributed by atoms with Crippen LogP contribution in [0, 0.1) is 25.2 Å². The molecule has 2 heteroatoms. The maximum Gasteiger partial charge on any atom is 0.0992 e. The molecule has 2 nitrogen and oxygen atoms in total. The van der Waals surface area contributed by atoms with Crippen LogP contribution in [0.3, 0.4) is 0 Å². The zero-order valence-corrected chi connectivity index (χ0v) is 7.68. The number of aromatic nitrogens is 1. The second kappa shape index (κ2) is 2.63. The minimum atomic E-state index is 0.715. The van der Waals surface area contributed by atoms with E-state index in [9.17, 15) is 0 Å².